The Morgan fingerprint density at radius 2 is 1.58 bits per heavy atom. The third-order valence-corrected chi connectivity index (χ3v) is 3.48. The van der Waals surface area contributed by atoms with Gasteiger partial charge in [-0.15, -0.1) is 0 Å². The largest absolute Gasteiger partial charge is 0.507 e. The number of carboxylic acid groups (broad SMARTS) is 1. The molecule has 5 heteroatoms. The molecule has 124 valence electrons. The van der Waals surface area contributed by atoms with E-state index in [4.69, 9.17) is 9.84 Å². The van der Waals surface area contributed by atoms with Gasteiger partial charge < -0.3 is 14.9 Å². The summed E-state index contributed by atoms with van der Waals surface area (Å²) in [5, 5.41) is 18.9. The number of Topliss-reactive ketones (excluding diaryl/α,β-unsaturated/α-hetero) is 1. The lowest BCUT2D eigenvalue weighted by atomic mass is 10.0. The molecular weight excluding hydrogens is 308 g/mol. The molecule has 0 saturated carbocycles. The number of aliphatic hydroxyl groups excluding tert-OH is 1. The van der Waals surface area contributed by atoms with Gasteiger partial charge in [-0.05, 0) is 36.2 Å². The van der Waals surface area contributed by atoms with Crippen molar-refractivity contribution in [3.63, 3.8) is 0 Å². The van der Waals surface area contributed by atoms with E-state index >= 15 is 0 Å². The summed E-state index contributed by atoms with van der Waals surface area (Å²) in [6.07, 6.45) is 0.128. The van der Waals surface area contributed by atoms with Crippen LogP contribution in [0.5, 0.6) is 5.75 Å². The second kappa shape index (κ2) is 7.97. The van der Waals surface area contributed by atoms with Crippen molar-refractivity contribution in [3.8, 4) is 5.75 Å². The molecule has 0 spiro atoms. The fourth-order valence-electron chi connectivity index (χ4n) is 2.19. The zero-order valence-corrected chi connectivity index (χ0v) is 13.2. The third kappa shape index (κ3) is 4.23. The Morgan fingerprint density at radius 1 is 0.958 bits per heavy atom. The highest BCUT2D eigenvalue weighted by Crippen LogP contribution is 2.22. The number of ether oxygens (including phenoxy) is 1. The summed E-state index contributed by atoms with van der Waals surface area (Å²) in [4.78, 5) is 22.4. The summed E-state index contributed by atoms with van der Waals surface area (Å²) < 4.78 is 5.64. The van der Waals surface area contributed by atoms with E-state index < -0.39 is 11.8 Å². The zero-order chi connectivity index (χ0) is 17.5. The van der Waals surface area contributed by atoms with Crippen LogP contribution >= 0.6 is 0 Å². The highest BCUT2D eigenvalue weighted by Gasteiger charge is 2.21. The molecule has 0 amide bonds. The van der Waals surface area contributed by atoms with Gasteiger partial charge in [0.15, 0.2) is 0 Å². The second-order valence-corrected chi connectivity index (χ2v) is 5.11. The topological polar surface area (TPSA) is 83.8 Å². The Morgan fingerprint density at radius 3 is 2.12 bits per heavy atom. The first-order valence-electron chi connectivity index (χ1n) is 7.49. The van der Waals surface area contributed by atoms with Crippen LogP contribution in [0.15, 0.2) is 60.2 Å². The minimum atomic E-state index is -1.58. The molecule has 2 rings (SSSR count). The molecule has 5 nitrogen and oxygen atoms in total. The van der Waals surface area contributed by atoms with Crippen molar-refractivity contribution in [1.29, 1.82) is 0 Å². The molecule has 0 unspecified atom stereocenters. The molecule has 2 aromatic carbocycles. The maximum absolute atomic E-state index is 11.6. The Balaban J connectivity index is 2.13. The van der Waals surface area contributed by atoms with Crippen LogP contribution in [-0.2, 0) is 16.2 Å². The van der Waals surface area contributed by atoms with Gasteiger partial charge in [-0.25, -0.2) is 4.79 Å². The van der Waals surface area contributed by atoms with Crippen LogP contribution in [0.1, 0.15) is 24.5 Å². The minimum absolute atomic E-state index is 0.125. The lowest BCUT2D eigenvalue weighted by Gasteiger charge is -2.09. The molecule has 2 aromatic rings. The maximum atomic E-state index is 11.6. The van der Waals surface area contributed by atoms with Gasteiger partial charge in [0.2, 0.25) is 0 Å². The summed E-state index contributed by atoms with van der Waals surface area (Å²) in [7, 11) is 0. The summed E-state index contributed by atoms with van der Waals surface area (Å²) >= 11 is 0. The summed E-state index contributed by atoms with van der Waals surface area (Å²) in [6, 6.07) is 16.2. The lowest BCUT2D eigenvalue weighted by Crippen LogP contribution is -2.16. The smallest absolute Gasteiger partial charge is 0.377 e. The van der Waals surface area contributed by atoms with Crippen LogP contribution in [-0.4, -0.2) is 22.0 Å². The maximum Gasteiger partial charge on any atom is 0.377 e. The van der Waals surface area contributed by atoms with Crippen molar-refractivity contribution >= 4 is 17.5 Å². The number of carboxylic acids is 1. The molecular formula is C19H18O5. The van der Waals surface area contributed by atoms with E-state index in [1.807, 2.05) is 30.3 Å². The lowest BCUT2D eigenvalue weighted by molar-refractivity contribution is -0.147. The van der Waals surface area contributed by atoms with Gasteiger partial charge >= 0.3 is 5.97 Å². The standard InChI is InChI=1S/C19H18O5/c1-2-16(18(21)19(22)23)17(20)14-8-10-15(11-9-14)24-12-13-6-4-3-5-7-13/h3-11,20H,2,12H2,1H3,(H,22,23). The first kappa shape index (κ1) is 17.3. The van der Waals surface area contributed by atoms with E-state index in [0.29, 0.717) is 17.9 Å². The van der Waals surface area contributed by atoms with Gasteiger partial charge in [-0.2, -0.15) is 0 Å². The highest BCUT2D eigenvalue weighted by atomic mass is 16.5. The van der Waals surface area contributed by atoms with Gasteiger partial charge in [0.05, 0.1) is 0 Å². The molecule has 0 aromatic heterocycles. The number of aliphatic carboxylic acids is 1. The van der Waals surface area contributed by atoms with Crippen LogP contribution in [0.2, 0.25) is 0 Å². The molecule has 24 heavy (non-hydrogen) atoms. The van der Waals surface area contributed by atoms with E-state index in [9.17, 15) is 14.7 Å². The fourth-order valence-corrected chi connectivity index (χ4v) is 2.19. The predicted molar refractivity (Wildman–Crippen MR) is 89.7 cm³/mol. The quantitative estimate of drug-likeness (QED) is 0.461. The van der Waals surface area contributed by atoms with E-state index in [0.717, 1.165) is 5.56 Å². The number of rotatable bonds is 7. The zero-order valence-electron chi connectivity index (χ0n) is 13.2. The van der Waals surface area contributed by atoms with Crippen molar-refractivity contribution in [2.75, 3.05) is 0 Å². The number of hydrogen-bond donors (Lipinski definition) is 2. The fraction of sp³-hybridized carbons (Fsp3) is 0.158. The second-order valence-electron chi connectivity index (χ2n) is 5.11. The van der Waals surface area contributed by atoms with Gasteiger partial charge in [0.1, 0.15) is 18.1 Å². The molecule has 0 bridgehead atoms. The monoisotopic (exact) mass is 326 g/mol. The molecule has 0 saturated heterocycles. The molecule has 0 aliphatic carbocycles. The Labute approximate surface area is 139 Å². The molecule has 0 radical (unpaired) electrons. The summed E-state index contributed by atoms with van der Waals surface area (Å²) in [5.74, 6) is -2.39. The van der Waals surface area contributed by atoms with Crippen molar-refractivity contribution in [2.24, 2.45) is 0 Å². The van der Waals surface area contributed by atoms with E-state index in [2.05, 4.69) is 0 Å². The normalized spacial score (nSPS) is 11.5. The van der Waals surface area contributed by atoms with Gasteiger partial charge in [0.25, 0.3) is 5.78 Å². The molecule has 0 heterocycles. The Bertz CT molecular complexity index is 745. The van der Waals surface area contributed by atoms with Gasteiger partial charge in [0, 0.05) is 11.1 Å². The Kier molecular flexibility index (Phi) is 5.73. The van der Waals surface area contributed by atoms with Crippen LogP contribution in [0.4, 0.5) is 0 Å². The van der Waals surface area contributed by atoms with Gasteiger partial charge in [-0.1, -0.05) is 37.3 Å². The summed E-state index contributed by atoms with van der Waals surface area (Å²) in [6.45, 7) is 2.03. The predicted octanol–water partition coefficient (Wildman–Crippen LogP) is 3.60. The van der Waals surface area contributed by atoms with Crippen molar-refractivity contribution < 1.29 is 24.5 Å². The van der Waals surface area contributed by atoms with Crippen molar-refractivity contribution in [3.05, 3.63) is 71.3 Å². The molecule has 0 aliphatic rings. The number of ketones is 1. The number of carbonyl (C=O) groups excluding carboxylic acids is 1. The van der Waals surface area contributed by atoms with E-state index in [1.165, 1.54) is 0 Å². The van der Waals surface area contributed by atoms with Crippen LogP contribution in [0, 0.1) is 0 Å². The van der Waals surface area contributed by atoms with Crippen LogP contribution < -0.4 is 4.74 Å². The van der Waals surface area contributed by atoms with Crippen molar-refractivity contribution in [2.45, 2.75) is 20.0 Å². The number of hydrogen-bond acceptors (Lipinski definition) is 4. The van der Waals surface area contributed by atoms with E-state index in [1.54, 1.807) is 31.2 Å². The molecule has 2 N–H and O–H groups in total. The molecule has 0 atom stereocenters. The summed E-state index contributed by atoms with van der Waals surface area (Å²) in [5.41, 5.74) is 1.28. The number of carbonyl (C=O) groups is 2. The van der Waals surface area contributed by atoms with Crippen LogP contribution in [0.25, 0.3) is 5.76 Å². The average Bonchev–Trinajstić information content (AvgIpc) is 2.61. The number of benzene rings is 2. The van der Waals surface area contributed by atoms with Crippen LogP contribution in [0.3, 0.4) is 0 Å². The first-order chi connectivity index (χ1) is 11.5. The average molecular weight is 326 g/mol. The first-order valence-corrected chi connectivity index (χ1v) is 7.49. The Hall–Kier alpha value is -3.08. The minimum Gasteiger partial charge on any atom is -0.507 e. The highest BCUT2D eigenvalue weighted by molar-refractivity contribution is 6.40. The number of aliphatic hydroxyl groups is 1. The molecule has 0 aliphatic heterocycles. The molecule has 0 fully saturated rings. The van der Waals surface area contributed by atoms with Gasteiger partial charge in [-0.3, -0.25) is 4.79 Å². The SMILES string of the molecule is CCC(C(=O)C(=O)O)=C(O)c1ccc(OCc2ccccc2)cc1. The third-order valence-electron chi connectivity index (χ3n) is 3.48. The van der Waals surface area contributed by atoms with E-state index in [-0.39, 0.29) is 17.8 Å². The van der Waals surface area contributed by atoms with Crippen molar-refractivity contribution in [1.82, 2.24) is 0 Å².